The van der Waals surface area contributed by atoms with E-state index < -0.39 is 11.7 Å². The minimum absolute atomic E-state index is 0.280. The Morgan fingerprint density at radius 3 is 2.36 bits per heavy atom. The fourth-order valence-corrected chi connectivity index (χ4v) is 2.65. The van der Waals surface area contributed by atoms with Gasteiger partial charge in [-0.25, -0.2) is 10.5 Å². The minimum Gasteiger partial charge on any atom is -0.493 e. The number of rotatable bonds is 7. The zero-order valence-electron chi connectivity index (χ0n) is 15.1. The number of aromatic nitrogens is 1. The minimum atomic E-state index is -4.37. The number of aryl methyl sites for hydroxylation is 1. The molecule has 0 radical (unpaired) electrons. The summed E-state index contributed by atoms with van der Waals surface area (Å²) in [6.45, 7) is 2.48. The van der Waals surface area contributed by atoms with Gasteiger partial charge in [0.15, 0.2) is 0 Å². The van der Waals surface area contributed by atoms with Crippen LogP contribution in [0, 0.1) is 6.92 Å². The highest BCUT2D eigenvalue weighted by atomic mass is 19.4. The van der Waals surface area contributed by atoms with E-state index in [0.717, 1.165) is 17.7 Å². The molecule has 0 atom stereocenters. The van der Waals surface area contributed by atoms with Crippen molar-refractivity contribution in [3.05, 3.63) is 71.1 Å². The first-order valence-corrected chi connectivity index (χ1v) is 8.59. The zero-order chi connectivity index (χ0) is 20.1. The van der Waals surface area contributed by atoms with Gasteiger partial charge < -0.3 is 14.4 Å². The van der Waals surface area contributed by atoms with Crippen LogP contribution in [0.15, 0.2) is 52.9 Å². The molecule has 5 nitrogen and oxygen atoms in total. The monoisotopic (exact) mass is 392 g/mol. The van der Waals surface area contributed by atoms with Crippen LogP contribution in [0.25, 0.3) is 11.5 Å². The Kier molecular flexibility index (Phi) is 6.01. The van der Waals surface area contributed by atoms with Crippen LogP contribution < -0.4 is 10.2 Å². The summed E-state index contributed by atoms with van der Waals surface area (Å²) in [6.07, 6.45) is -3.88. The van der Waals surface area contributed by atoms with E-state index in [-0.39, 0.29) is 5.89 Å². The van der Waals surface area contributed by atoms with Crippen molar-refractivity contribution in [2.75, 3.05) is 6.61 Å². The van der Waals surface area contributed by atoms with Gasteiger partial charge in [-0.2, -0.15) is 13.2 Å². The largest absolute Gasteiger partial charge is 0.493 e. The number of hydroxylamine groups is 1. The molecule has 0 bridgehead atoms. The number of benzene rings is 2. The van der Waals surface area contributed by atoms with Crippen molar-refractivity contribution in [3.63, 3.8) is 0 Å². The van der Waals surface area contributed by atoms with Crippen LogP contribution in [0.3, 0.4) is 0 Å². The predicted octanol–water partition coefficient (Wildman–Crippen LogP) is 4.77. The van der Waals surface area contributed by atoms with Crippen LogP contribution in [-0.2, 0) is 19.1 Å². The maximum Gasteiger partial charge on any atom is 0.416 e. The molecule has 1 heterocycles. The van der Waals surface area contributed by atoms with Crippen molar-refractivity contribution < 1.29 is 27.5 Å². The second kappa shape index (κ2) is 8.45. The number of nitrogens with zero attached hydrogens (tertiary/aromatic N) is 1. The molecule has 0 amide bonds. The van der Waals surface area contributed by atoms with Gasteiger partial charge in [-0.15, -0.1) is 0 Å². The SMILES string of the molecule is Cc1oc(-c2ccc(C(F)(F)F)cc2)nc1CCOc1ccc(CNO)cc1. The standard InChI is InChI=1S/C20H19F3N2O3/c1-13-18(10-11-27-17-8-2-14(3-9-17)12-24-26)25-19(28-13)15-4-6-16(7-5-15)20(21,22)23/h2-9,24,26H,10-12H2,1H3. The number of hydrogen-bond donors (Lipinski definition) is 2. The molecular formula is C20H19F3N2O3. The number of oxazole rings is 1. The molecule has 3 rings (SSSR count). The molecule has 0 aliphatic carbocycles. The second-order valence-electron chi connectivity index (χ2n) is 6.17. The van der Waals surface area contributed by atoms with Gasteiger partial charge in [0.05, 0.1) is 17.9 Å². The summed E-state index contributed by atoms with van der Waals surface area (Å²) < 4.78 is 49.3. The van der Waals surface area contributed by atoms with Crippen LogP contribution >= 0.6 is 0 Å². The Hall–Kier alpha value is -2.84. The Bertz CT molecular complexity index is 904. The van der Waals surface area contributed by atoms with Gasteiger partial charge in [0.2, 0.25) is 5.89 Å². The normalized spacial score (nSPS) is 11.6. The fraction of sp³-hybridized carbons (Fsp3) is 0.250. The van der Waals surface area contributed by atoms with E-state index in [9.17, 15) is 13.2 Å². The van der Waals surface area contributed by atoms with Gasteiger partial charge in [0, 0.05) is 18.5 Å². The van der Waals surface area contributed by atoms with Gasteiger partial charge in [-0.1, -0.05) is 12.1 Å². The Morgan fingerprint density at radius 1 is 1.07 bits per heavy atom. The van der Waals surface area contributed by atoms with Crippen LogP contribution in [0.2, 0.25) is 0 Å². The third-order valence-corrected chi connectivity index (χ3v) is 4.17. The summed E-state index contributed by atoms with van der Waals surface area (Å²) >= 11 is 0. The molecule has 28 heavy (non-hydrogen) atoms. The molecule has 3 aromatic rings. The lowest BCUT2D eigenvalue weighted by atomic mass is 10.1. The van der Waals surface area contributed by atoms with Crippen LogP contribution in [0.4, 0.5) is 13.2 Å². The molecule has 2 aromatic carbocycles. The maximum absolute atomic E-state index is 12.7. The summed E-state index contributed by atoms with van der Waals surface area (Å²) in [7, 11) is 0. The predicted molar refractivity (Wildman–Crippen MR) is 95.9 cm³/mol. The van der Waals surface area contributed by atoms with Crippen molar-refractivity contribution in [1.29, 1.82) is 0 Å². The van der Waals surface area contributed by atoms with Gasteiger partial charge >= 0.3 is 6.18 Å². The molecule has 0 saturated carbocycles. The summed E-state index contributed by atoms with van der Waals surface area (Å²) in [6, 6.07) is 12.0. The number of hydrogen-bond acceptors (Lipinski definition) is 5. The van der Waals surface area contributed by atoms with E-state index in [4.69, 9.17) is 14.4 Å². The molecular weight excluding hydrogens is 373 g/mol. The molecule has 1 aromatic heterocycles. The highest BCUT2D eigenvalue weighted by molar-refractivity contribution is 5.54. The Balaban J connectivity index is 1.61. The second-order valence-corrected chi connectivity index (χ2v) is 6.17. The number of halogens is 3. The third-order valence-electron chi connectivity index (χ3n) is 4.17. The van der Waals surface area contributed by atoms with E-state index in [1.807, 2.05) is 12.1 Å². The third kappa shape index (κ3) is 4.90. The number of alkyl halides is 3. The number of nitrogens with one attached hydrogen (secondary N) is 1. The first-order chi connectivity index (χ1) is 13.4. The first kappa shape index (κ1) is 19.9. The van der Waals surface area contributed by atoms with Crippen LogP contribution in [0.5, 0.6) is 5.75 Å². The topological polar surface area (TPSA) is 67.5 Å². The summed E-state index contributed by atoms with van der Waals surface area (Å²) in [5.74, 6) is 1.57. The Labute approximate surface area is 159 Å². The first-order valence-electron chi connectivity index (χ1n) is 8.59. The van der Waals surface area contributed by atoms with Crippen molar-refractivity contribution in [1.82, 2.24) is 10.5 Å². The number of ether oxygens (including phenoxy) is 1. The molecule has 0 aliphatic heterocycles. The highest BCUT2D eigenvalue weighted by Gasteiger charge is 2.30. The van der Waals surface area contributed by atoms with E-state index in [0.29, 0.717) is 42.3 Å². The highest BCUT2D eigenvalue weighted by Crippen LogP contribution is 2.31. The summed E-state index contributed by atoms with van der Waals surface area (Å²) in [4.78, 5) is 4.38. The van der Waals surface area contributed by atoms with Gasteiger partial charge in [-0.3, -0.25) is 0 Å². The zero-order valence-corrected chi connectivity index (χ0v) is 15.1. The van der Waals surface area contributed by atoms with Crippen molar-refractivity contribution in [2.24, 2.45) is 0 Å². The molecule has 0 saturated heterocycles. The molecule has 8 heteroatoms. The van der Waals surface area contributed by atoms with Crippen LogP contribution in [-0.4, -0.2) is 16.8 Å². The van der Waals surface area contributed by atoms with E-state index in [1.165, 1.54) is 12.1 Å². The van der Waals surface area contributed by atoms with E-state index in [2.05, 4.69) is 10.5 Å². The molecule has 0 fully saturated rings. The maximum atomic E-state index is 12.7. The molecule has 0 unspecified atom stereocenters. The average Bonchev–Trinajstić information content (AvgIpc) is 3.04. The Morgan fingerprint density at radius 2 is 1.75 bits per heavy atom. The van der Waals surface area contributed by atoms with Crippen molar-refractivity contribution in [3.8, 4) is 17.2 Å². The smallest absolute Gasteiger partial charge is 0.416 e. The quantitative estimate of drug-likeness (QED) is 0.567. The lowest BCUT2D eigenvalue weighted by Gasteiger charge is -2.06. The van der Waals surface area contributed by atoms with Gasteiger partial charge in [0.25, 0.3) is 0 Å². The van der Waals surface area contributed by atoms with Gasteiger partial charge in [-0.05, 0) is 48.9 Å². The van der Waals surface area contributed by atoms with E-state index in [1.54, 1.807) is 19.1 Å². The molecule has 0 spiro atoms. The summed E-state index contributed by atoms with van der Waals surface area (Å²) in [5, 5.41) is 8.67. The summed E-state index contributed by atoms with van der Waals surface area (Å²) in [5.41, 5.74) is 3.46. The average molecular weight is 392 g/mol. The lowest BCUT2D eigenvalue weighted by Crippen LogP contribution is -2.06. The lowest BCUT2D eigenvalue weighted by molar-refractivity contribution is -0.137. The van der Waals surface area contributed by atoms with Crippen LogP contribution in [0.1, 0.15) is 22.6 Å². The molecule has 148 valence electrons. The molecule has 0 aliphatic rings. The van der Waals surface area contributed by atoms with Gasteiger partial charge in [0.1, 0.15) is 11.5 Å². The molecule has 2 N–H and O–H groups in total. The van der Waals surface area contributed by atoms with E-state index >= 15 is 0 Å². The van der Waals surface area contributed by atoms with Crippen molar-refractivity contribution >= 4 is 0 Å². The van der Waals surface area contributed by atoms with Crippen molar-refractivity contribution in [2.45, 2.75) is 26.1 Å². The fourth-order valence-electron chi connectivity index (χ4n) is 2.65.